The van der Waals surface area contributed by atoms with Gasteiger partial charge in [0.1, 0.15) is 17.1 Å². The number of likely N-dealkylation sites (N-methyl/N-ethyl adjacent to an activating group) is 1. The molecule has 15 rings (SSSR count). The van der Waals surface area contributed by atoms with Crippen molar-refractivity contribution in [1.29, 1.82) is 0 Å². The highest BCUT2D eigenvalue weighted by Gasteiger charge is 2.52. The van der Waals surface area contributed by atoms with Crippen molar-refractivity contribution in [2.24, 2.45) is 26.9 Å². The highest BCUT2D eigenvalue weighted by atomic mass is 35.5. The number of esters is 1. The van der Waals surface area contributed by atoms with Crippen molar-refractivity contribution < 1.29 is 33.5 Å². The third kappa shape index (κ3) is 15.5. The summed E-state index contributed by atoms with van der Waals surface area (Å²) in [4.78, 5) is 82.4. The Kier molecular flexibility index (Phi) is 21.3. The highest BCUT2D eigenvalue weighted by molar-refractivity contribution is 6.62. The molecule has 0 unspecified atom stereocenters. The Morgan fingerprint density at radius 2 is 0.990 bits per heavy atom. The van der Waals surface area contributed by atoms with Gasteiger partial charge in [-0.3, -0.25) is 4.79 Å². The Labute approximate surface area is 584 Å². The van der Waals surface area contributed by atoms with Gasteiger partial charge in [0.05, 0.1) is 108 Å². The van der Waals surface area contributed by atoms with Crippen LogP contribution < -0.4 is 28.4 Å². The van der Waals surface area contributed by atoms with E-state index in [9.17, 15) is 19.5 Å². The van der Waals surface area contributed by atoms with Crippen LogP contribution in [0, 0.1) is 0 Å². The Hall–Kier alpha value is -11.1. The molecule has 0 radical (unpaired) electrons. The van der Waals surface area contributed by atoms with Gasteiger partial charge in [0.15, 0.2) is 39.8 Å². The number of fused-ring (bicyclic) bond motifs is 3. The fraction of sp³-hybridized carbons (Fsp3) is 0.354. The maximum atomic E-state index is 13.1. The van der Waals surface area contributed by atoms with Crippen molar-refractivity contribution in [1.82, 2.24) is 113 Å². The molecular weight excluding hydrogens is 1320 g/mol. The largest absolute Gasteiger partial charge is 0.494 e. The number of likely N-dealkylation sites (tertiary alicyclic amines) is 2. The summed E-state index contributed by atoms with van der Waals surface area (Å²) in [6, 6.07) is 18.5. The summed E-state index contributed by atoms with van der Waals surface area (Å²) >= 11 is 5.86. The minimum atomic E-state index is -1.26. The molecule has 0 bridgehead atoms. The molecule has 3 aromatic carbocycles. The first kappa shape index (κ1) is 71.2. The van der Waals surface area contributed by atoms with Crippen LogP contribution in [-0.2, 0) is 35.2 Å². The number of ether oxygens (including phenoxy) is 1. The van der Waals surface area contributed by atoms with Crippen LogP contribution >= 0.6 is 11.6 Å². The summed E-state index contributed by atoms with van der Waals surface area (Å²) in [5.74, 6) is -1.52. The number of carboxylic acid groups (broad SMARTS) is 1. The lowest BCUT2D eigenvalue weighted by atomic mass is 9.79. The second kappa shape index (κ2) is 30.2. The average Bonchev–Trinajstić information content (AvgIpc) is 1.62. The molecule has 2 atom stereocenters. The van der Waals surface area contributed by atoms with Gasteiger partial charge in [0.2, 0.25) is 17.5 Å². The van der Waals surface area contributed by atoms with Crippen molar-refractivity contribution in [3.05, 3.63) is 133 Å². The number of carboxylic acids is 1. The minimum Gasteiger partial charge on any atom is -0.476 e. The normalized spacial score (nSPS) is 16.3. The third-order valence-corrected chi connectivity index (χ3v) is 18.2. The molecule has 3 saturated heterocycles. The third-order valence-electron chi connectivity index (χ3n) is 17.9. The summed E-state index contributed by atoms with van der Waals surface area (Å²) in [6.45, 7) is 11.4. The number of hydrogen-bond donors (Lipinski definition) is 5. The van der Waals surface area contributed by atoms with Gasteiger partial charge in [-0.1, -0.05) is 29.8 Å². The summed E-state index contributed by atoms with van der Waals surface area (Å²) in [6.07, 6.45) is 20.3. The highest BCUT2D eigenvalue weighted by Crippen LogP contribution is 2.37. The molecule has 36 heteroatoms. The zero-order valence-corrected chi connectivity index (χ0v) is 58.1. The van der Waals surface area contributed by atoms with Crippen LogP contribution in [0.1, 0.15) is 97.7 Å². The fourth-order valence-corrected chi connectivity index (χ4v) is 11.7. The lowest BCUT2D eigenvalue weighted by Gasteiger charge is -2.32. The summed E-state index contributed by atoms with van der Waals surface area (Å²) in [5.41, 5.74) is 31.0. The number of methoxy groups -OCH3 is 1. The van der Waals surface area contributed by atoms with Crippen LogP contribution in [0.2, 0.25) is 5.15 Å². The Morgan fingerprint density at radius 3 is 1.43 bits per heavy atom. The topological polar surface area (TPSA) is 433 Å². The molecule has 34 nitrogen and oxygen atoms in total. The number of carbonyl (C=O) groups is 3. The number of Topliss-reactive ketones (excluding diaryl/α,β-unsaturated/α-hetero) is 1. The van der Waals surface area contributed by atoms with E-state index in [2.05, 4.69) is 133 Å². The quantitative estimate of drug-likeness (QED) is 0.0567. The van der Waals surface area contributed by atoms with Gasteiger partial charge < -0.3 is 65.6 Å². The van der Waals surface area contributed by atoms with Crippen LogP contribution in [-0.4, -0.2) is 207 Å². The number of rotatable bonds is 13. The molecule has 101 heavy (non-hydrogen) atoms. The summed E-state index contributed by atoms with van der Waals surface area (Å²) < 4.78 is 22.4. The first-order valence-corrected chi connectivity index (χ1v) is 32.5. The standard InChI is InChI=1S/C22H25N9O.C15H12N8O2.C14H19BN2O2.C8H7ClN6O2.C6H14N2/c1-29-11-3-4-15(29)6-8-18(32)20-21(23)28-22(31-25-9-10-26-31)19(27-20)14-5-7-16-17(12-14)30(2)13-24-16;1-22-7-17-9-3-2-8(6-10(9)22)11-14(23-18-4-5-19-23)21-13(16)12(20-11)15(24)25;1-13(2)14(3,4)19-15(18-13)10-6-7-11-12(8-10)17(5)9-16-11;1-17-8(16)4-6(10)14-7(5(9)13-4)15-11-2-3-12-15;1-8-4-2-3-6(8)5-7/h5,7,9-10,12-13,15H,3-4,6,8,11H2,1-2H3,(H2,23,28);2-7H,1H3,(H2,16,21)(H,24,25);6-9H,1-5H3;2-3H,1H3,(H2,10,14);6H,2-5,7H2,1H3/t15-;;;;6-/m1...1/s1. The molecule has 3 aliphatic heterocycles. The van der Waals surface area contributed by atoms with E-state index in [1.54, 1.807) is 31.1 Å². The van der Waals surface area contributed by atoms with Crippen molar-refractivity contribution >= 4 is 92.5 Å². The number of nitrogens with zero attached hydrogens (tertiary/aromatic N) is 23. The van der Waals surface area contributed by atoms with Gasteiger partial charge in [-0.15, -0.1) is 14.4 Å². The van der Waals surface area contributed by atoms with Crippen LogP contribution in [0.4, 0.5) is 17.5 Å². The monoisotopic (exact) mass is 1390 g/mol. The Morgan fingerprint density at radius 1 is 0.574 bits per heavy atom. The van der Waals surface area contributed by atoms with E-state index in [1.807, 2.05) is 83.6 Å². The molecule has 0 amide bonds. The molecule has 0 spiro atoms. The molecule has 3 fully saturated rings. The Bertz CT molecular complexity index is 4910. The SMILES string of the molecule is CN1CCC[C@@H]1CCC(=O)c1nc(-c2ccc3ncn(C)c3c2)c(-n2nccn2)nc1N.CN1CCC[C@@H]1CN.COC(=O)c1nc(Cl)c(-n2nccn2)nc1N.Cn1cnc2ccc(-c3nc(C(=O)O)c(N)nc3-n3nccn3)cc21.Cn1cnc2ccc(B3OC(C)(C)C(C)(C)O3)cc21. The number of halogens is 1. The van der Waals surface area contributed by atoms with E-state index in [4.69, 9.17) is 48.8 Å². The van der Waals surface area contributed by atoms with Crippen LogP contribution in [0.3, 0.4) is 0 Å². The fourth-order valence-electron chi connectivity index (χ4n) is 11.5. The molecule has 3 aliphatic rings. The summed E-state index contributed by atoms with van der Waals surface area (Å²) in [5, 5.41) is 33.4. The van der Waals surface area contributed by atoms with E-state index < -0.39 is 11.9 Å². The average molecular weight is 1390 g/mol. The second-order valence-corrected chi connectivity index (χ2v) is 25.5. The van der Waals surface area contributed by atoms with E-state index in [-0.39, 0.29) is 75.4 Å². The predicted octanol–water partition coefficient (Wildman–Crippen LogP) is 5.13. The molecule has 12 heterocycles. The molecule has 9 N–H and O–H groups in total. The zero-order valence-electron chi connectivity index (χ0n) is 57.4. The summed E-state index contributed by atoms with van der Waals surface area (Å²) in [7, 11) is 10.9. The number of nitrogens with two attached hydrogens (primary N) is 4. The number of nitrogen functional groups attached to an aromatic ring is 3. The molecule has 0 aliphatic carbocycles. The predicted molar refractivity (Wildman–Crippen MR) is 377 cm³/mol. The number of hydrogen-bond acceptors (Lipinski definition) is 27. The van der Waals surface area contributed by atoms with Crippen molar-refractivity contribution in [2.45, 2.75) is 89.5 Å². The lowest BCUT2D eigenvalue weighted by Crippen LogP contribution is -2.41. The molecule has 9 aromatic heterocycles. The van der Waals surface area contributed by atoms with Crippen molar-refractivity contribution in [2.75, 3.05) is 58.0 Å². The number of benzene rings is 3. The van der Waals surface area contributed by atoms with Crippen molar-refractivity contribution in [3.63, 3.8) is 0 Å². The molecular formula is C65H77BClN27O7. The Balaban J connectivity index is 0.000000134. The maximum absolute atomic E-state index is 13.1. The second-order valence-electron chi connectivity index (χ2n) is 25.1. The van der Waals surface area contributed by atoms with Gasteiger partial charge in [-0.25, -0.2) is 54.4 Å². The van der Waals surface area contributed by atoms with E-state index in [1.165, 1.54) is 67.3 Å². The smallest absolute Gasteiger partial charge is 0.476 e. The first-order chi connectivity index (χ1) is 48.3. The number of ketones is 1. The molecule has 524 valence electrons. The molecule has 12 aromatic rings. The number of aromatic nitrogens is 21. The van der Waals surface area contributed by atoms with E-state index in [0.717, 1.165) is 74.9 Å². The number of aromatic carboxylic acids is 1. The van der Waals surface area contributed by atoms with E-state index >= 15 is 0 Å². The number of imidazole rings is 3. The number of aryl methyl sites for hydroxylation is 3. The van der Waals surface area contributed by atoms with Gasteiger partial charge >= 0.3 is 19.1 Å². The maximum Gasteiger partial charge on any atom is 0.494 e. The lowest BCUT2D eigenvalue weighted by molar-refractivity contribution is 0.00578. The number of carbonyl (C=O) groups excluding carboxylic acids is 2. The van der Waals surface area contributed by atoms with Crippen LogP contribution in [0.15, 0.2) is 111 Å². The minimum absolute atomic E-state index is 0.0456. The number of anilines is 3. The van der Waals surface area contributed by atoms with Gasteiger partial charge in [-0.2, -0.15) is 30.6 Å². The van der Waals surface area contributed by atoms with Gasteiger partial charge in [0, 0.05) is 57.3 Å². The van der Waals surface area contributed by atoms with Crippen LogP contribution in [0.25, 0.3) is 73.1 Å². The van der Waals surface area contributed by atoms with Gasteiger partial charge in [-0.05, 0) is 129 Å². The van der Waals surface area contributed by atoms with Crippen LogP contribution in [0.5, 0.6) is 0 Å². The van der Waals surface area contributed by atoms with E-state index in [0.29, 0.717) is 41.3 Å². The zero-order chi connectivity index (χ0) is 72.0. The van der Waals surface area contributed by atoms with Crippen molar-refractivity contribution in [3.8, 4) is 40.0 Å². The molecule has 0 saturated carbocycles. The van der Waals surface area contributed by atoms with Gasteiger partial charge in [0.25, 0.3) is 0 Å². The first-order valence-electron chi connectivity index (χ1n) is 32.2.